The summed E-state index contributed by atoms with van der Waals surface area (Å²) in [6, 6.07) is 6.56. The van der Waals surface area contributed by atoms with Crippen LogP contribution in [0.15, 0.2) is 24.3 Å². The molecule has 0 heterocycles. The summed E-state index contributed by atoms with van der Waals surface area (Å²) in [5.74, 6) is -0.312. The van der Waals surface area contributed by atoms with Crippen molar-refractivity contribution in [1.82, 2.24) is 5.32 Å². The van der Waals surface area contributed by atoms with Gasteiger partial charge in [-0.05, 0) is 44.0 Å². The van der Waals surface area contributed by atoms with Crippen molar-refractivity contribution in [1.29, 1.82) is 0 Å². The lowest BCUT2D eigenvalue weighted by Gasteiger charge is -2.08. The predicted octanol–water partition coefficient (Wildman–Crippen LogP) is 0.864. The molecule has 5 heteroatoms. The lowest BCUT2D eigenvalue weighted by atomic mass is 10.2. The number of hydrogen-bond donors (Lipinski definition) is 3. The van der Waals surface area contributed by atoms with E-state index in [1.165, 1.54) is 0 Å². The number of nitrogens with one attached hydrogen (secondary N) is 2. The maximum Gasteiger partial charge on any atom is 0.251 e. The van der Waals surface area contributed by atoms with Gasteiger partial charge in [-0.2, -0.15) is 0 Å². The van der Waals surface area contributed by atoms with Crippen LogP contribution in [0.3, 0.4) is 0 Å². The van der Waals surface area contributed by atoms with Crippen LogP contribution in [0.4, 0.5) is 5.69 Å². The standard InChI is InChI=1S/C13H17N3O2/c1-8(14)12(17)15-10-4-2-9(3-5-10)13(18)16-11-6-7-11/h2-5,8,11H,6-7,14H2,1H3,(H,15,17)(H,16,18). The monoisotopic (exact) mass is 247 g/mol. The summed E-state index contributed by atoms with van der Waals surface area (Å²) >= 11 is 0. The van der Waals surface area contributed by atoms with Crippen molar-refractivity contribution >= 4 is 17.5 Å². The van der Waals surface area contributed by atoms with Crippen LogP contribution in [-0.2, 0) is 4.79 Å². The van der Waals surface area contributed by atoms with Crippen LogP contribution in [0.25, 0.3) is 0 Å². The van der Waals surface area contributed by atoms with Gasteiger partial charge in [-0.3, -0.25) is 9.59 Å². The second-order valence-electron chi connectivity index (χ2n) is 4.60. The van der Waals surface area contributed by atoms with Crippen LogP contribution >= 0.6 is 0 Å². The average molecular weight is 247 g/mol. The second-order valence-corrected chi connectivity index (χ2v) is 4.60. The van der Waals surface area contributed by atoms with E-state index in [4.69, 9.17) is 5.73 Å². The van der Waals surface area contributed by atoms with Crippen molar-refractivity contribution < 1.29 is 9.59 Å². The molecule has 4 N–H and O–H groups in total. The normalized spacial score (nSPS) is 15.9. The molecule has 1 fully saturated rings. The van der Waals surface area contributed by atoms with Crippen molar-refractivity contribution in [2.45, 2.75) is 31.8 Å². The van der Waals surface area contributed by atoms with E-state index >= 15 is 0 Å². The van der Waals surface area contributed by atoms with Gasteiger partial charge >= 0.3 is 0 Å². The number of amides is 2. The summed E-state index contributed by atoms with van der Waals surface area (Å²) in [5.41, 5.74) is 6.68. The fraction of sp³-hybridized carbons (Fsp3) is 0.385. The van der Waals surface area contributed by atoms with Crippen molar-refractivity contribution in [3.63, 3.8) is 0 Å². The molecule has 0 aliphatic heterocycles. The first kappa shape index (κ1) is 12.6. The third kappa shape index (κ3) is 3.30. The predicted molar refractivity (Wildman–Crippen MR) is 69.2 cm³/mol. The summed E-state index contributed by atoms with van der Waals surface area (Å²) in [6.07, 6.45) is 2.13. The number of nitrogens with two attached hydrogens (primary N) is 1. The van der Waals surface area contributed by atoms with E-state index in [1.807, 2.05) is 0 Å². The number of hydrogen-bond acceptors (Lipinski definition) is 3. The maximum atomic E-state index is 11.7. The van der Waals surface area contributed by atoms with E-state index in [0.29, 0.717) is 17.3 Å². The van der Waals surface area contributed by atoms with Gasteiger partial charge in [0.2, 0.25) is 5.91 Å². The molecule has 1 aliphatic rings. The number of anilines is 1. The fourth-order valence-electron chi connectivity index (χ4n) is 1.46. The van der Waals surface area contributed by atoms with E-state index in [-0.39, 0.29) is 11.8 Å². The Bertz CT molecular complexity index is 450. The van der Waals surface area contributed by atoms with Gasteiger partial charge in [-0.15, -0.1) is 0 Å². The third-order valence-electron chi connectivity index (χ3n) is 2.74. The number of carbonyl (C=O) groups is 2. The SMILES string of the molecule is CC(N)C(=O)Nc1ccc(C(=O)NC2CC2)cc1. The highest BCUT2D eigenvalue weighted by Crippen LogP contribution is 2.19. The van der Waals surface area contributed by atoms with Crippen molar-refractivity contribution in [3.05, 3.63) is 29.8 Å². The molecular weight excluding hydrogens is 230 g/mol. The molecule has 2 amide bonds. The van der Waals surface area contributed by atoms with Crippen LogP contribution in [0, 0.1) is 0 Å². The first-order valence-corrected chi connectivity index (χ1v) is 6.03. The van der Waals surface area contributed by atoms with Crippen LogP contribution in [-0.4, -0.2) is 23.9 Å². The highest BCUT2D eigenvalue weighted by atomic mass is 16.2. The Balaban J connectivity index is 1.96. The van der Waals surface area contributed by atoms with Gasteiger partial charge in [-0.1, -0.05) is 0 Å². The van der Waals surface area contributed by atoms with Gasteiger partial charge in [0, 0.05) is 17.3 Å². The molecular formula is C13H17N3O2. The minimum atomic E-state index is -0.553. The van der Waals surface area contributed by atoms with Gasteiger partial charge in [0.25, 0.3) is 5.91 Å². The van der Waals surface area contributed by atoms with Gasteiger partial charge in [0.1, 0.15) is 0 Å². The van der Waals surface area contributed by atoms with Crippen molar-refractivity contribution in [3.8, 4) is 0 Å². The maximum absolute atomic E-state index is 11.7. The number of benzene rings is 1. The number of rotatable bonds is 4. The molecule has 0 saturated heterocycles. The minimum absolute atomic E-state index is 0.0671. The molecule has 0 aromatic heterocycles. The van der Waals surface area contributed by atoms with E-state index in [0.717, 1.165) is 12.8 Å². The fourth-order valence-corrected chi connectivity index (χ4v) is 1.46. The smallest absolute Gasteiger partial charge is 0.251 e. The van der Waals surface area contributed by atoms with Crippen LogP contribution < -0.4 is 16.4 Å². The second kappa shape index (κ2) is 5.18. The summed E-state index contributed by atoms with van der Waals surface area (Å²) < 4.78 is 0. The first-order valence-electron chi connectivity index (χ1n) is 6.03. The van der Waals surface area contributed by atoms with E-state index in [2.05, 4.69) is 10.6 Å². The Morgan fingerprint density at radius 2 is 1.89 bits per heavy atom. The van der Waals surface area contributed by atoms with Crippen molar-refractivity contribution in [2.75, 3.05) is 5.32 Å². The Hall–Kier alpha value is -1.88. The van der Waals surface area contributed by atoms with Crippen molar-refractivity contribution in [2.24, 2.45) is 5.73 Å². The largest absolute Gasteiger partial charge is 0.349 e. The van der Waals surface area contributed by atoms with Crippen LogP contribution in [0.1, 0.15) is 30.1 Å². The molecule has 1 atom stereocenters. The molecule has 5 nitrogen and oxygen atoms in total. The molecule has 0 radical (unpaired) electrons. The summed E-state index contributed by atoms with van der Waals surface area (Å²) in [7, 11) is 0. The summed E-state index contributed by atoms with van der Waals surface area (Å²) in [4.78, 5) is 23.1. The molecule has 1 aliphatic carbocycles. The van der Waals surface area contributed by atoms with Gasteiger partial charge in [0.05, 0.1) is 6.04 Å². The molecule has 0 bridgehead atoms. The first-order chi connectivity index (χ1) is 8.56. The molecule has 1 saturated carbocycles. The molecule has 1 unspecified atom stereocenters. The molecule has 1 aromatic rings. The highest BCUT2D eigenvalue weighted by molar-refractivity contribution is 5.97. The van der Waals surface area contributed by atoms with Crippen LogP contribution in [0.5, 0.6) is 0 Å². The van der Waals surface area contributed by atoms with E-state index in [9.17, 15) is 9.59 Å². The zero-order valence-electron chi connectivity index (χ0n) is 10.3. The zero-order valence-corrected chi connectivity index (χ0v) is 10.3. The highest BCUT2D eigenvalue weighted by Gasteiger charge is 2.23. The zero-order chi connectivity index (χ0) is 13.1. The number of carbonyl (C=O) groups excluding carboxylic acids is 2. The summed E-state index contributed by atoms with van der Waals surface area (Å²) in [5, 5.41) is 5.57. The topological polar surface area (TPSA) is 84.2 Å². The van der Waals surface area contributed by atoms with Gasteiger partial charge < -0.3 is 16.4 Å². The Morgan fingerprint density at radius 1 is 1.28 bits per heavy atom. The Labute approximate surface area is 106 Å². The third-order valence-corrected chi connectivity index (χ3v) is 2.74. The van der Waals surface area contributed by atoms with E-state index in [1.54, 1.807) is 31.2 Å². The molecule has 2 rings (SSSR count). The Kier molecular flexibility index (Phi) is 3.62. The molecule has 1 aromatic carbocycles. The van der Waals surface area contributed by atoms with Gasteiger partial charge in [-0.25, -0.2) is 0 Å². The average Bonchev–Trinajstić information content (AvgIpc) is 3.13. The molecule has 18 heavy (non-hydrogen) atoms. The van der Waals surface area contributed by atoms with E-state index < -0.39 is 6.04 Å². The quantitative estimate of drug-likeness (QED) is 0.738. The Morgan fingerprint density at radius 3 is 2.39 bits per heavy atom. The molecule has 0 spiro atoms. The minimum Gasteiger partial charge on any atom is -0.349 e. The van der Waals surface area contributed by atoms with Gasteiger partial charge in [0.15, 0.2) is 0 Å². The molecule has 96 valence electrons. The lowest BCUT2D eigenvalue weighted by molar-refractivity contribution is -0.117. The van der Waals surface area contributed by atoms with Crippen LogP contribution in [0.2, 0.25) is 0 Å². The lowest BCUT2D eigenvalue weighted by Crippen LogP contribution is -2.32. The summed E-state index contributed by atoms with van der Waals surface area (Å²) in [6.45, 7) is 1.62.